The molecule has 1 fully saturated rings. The van der Waals surface area contributed by atoms with Crippen LogP contribution in [0, 0.1) is 0 Å². The second kappa shape index (κ2) is 9.63. The lowest BCUT2D eigenvalue weighted by Crippen LogP contribution is -2.25. The lowest BCUT2D eigenvalue weighted by Gasteiger charge is -2.15. The molecule has 6 rings (SSSR count). The van der Waals surface area contributed by atoms with Gasteiger partial charge < -0.3 is 10.1 Å². The highest BCUT2D eigenvalue weighted by Gasteiger charge is 2.13. The number of benzene rings is 1. The van der Waals surface area contributed by atoms with E-state index in [0.29, 0.717) is 24.6 Å². The predicted molar refractivity (Wildman–Crippen MR) is 134 cm³/mol. The zero-order valence-corrected chi connectivity index (χ0v) is 19.3. The summed E-state index contributed by atoms with van der Waals surface area (Å²) in [4.78, 5) is 11.5. The fourth-order valence-electron chi connectivity index (χ4n) is 4.41. The van der Waals surface area contributed by atoms with E-state index >= 15 is 0 Å². The molecule has 1 aromatic carbocycles. The standard InChI is InChI=1S/C26H26N8O/c1-2-6-19(7-3-1)21-8-9-24-30-31-25(34(24)32-21)18-28-22-10-11-27-23-16-20(17-29-26(22)23)35-15-14-33-12-4-5-13-33/h1-3,6-11,16-17H,4-5,12-15,18H2,(H,27,28). The van der Waals surface area contributed by atoms with E-state index in [0.717, 1.165) is 40.3 Å². The van der Waals surface area contributed by atoms with Crippen LogP contribution in [0.3, 0.4) is 0 Å². The molecule has 0 bridgehead atoms. The molecule has 1 aliphatic rings. The number of pyridine rings is 2. The first-order valence-electron chi connectivity index (χ1n) is 11.9. The van der Waals surface area contributed by atoms with Gasteiger partial charge in [-0.1, -0.05) is 30.3 Å². The number of aromatic nitrogens is 6. The molecular weight excluding hydrogens is 440 g/mol. The van der Waals surface area contributed by atoms with Crippen molar-refractivity contribution in [2.75, 3.05) is 31.6 Å². The van der Waals surface area contributed by atoms with E-state index in [9.17, 15) is 0 Å². The van der Waals surface area contributed by atoms with E-state index in [1.165, 1.54) is 25.9 Å². The Morgan fingerprint density at radius 3 is 2.71 bits per heavy atom. The maximum Gasteiger partial charge on any atom is 0.178 e. The number of nitrogens with zero attached hydrogens (tertiary/aromatic N) is 7. The fourth-order valence-corrected chi connectivity index (χ4v) is 4.41. The van der Waals surface area contributed by atoms with Gasteiger partial charge in [0.15, 0.2) is 11.5 Å². The third kappa shape index (κ3) is 4.63. The minimum Gasteiger partial charge on any atom is -0.491 e. The molecule has 0 radical (unpaired) electrons. The molecule has 9 nitrogen and oxygen atoms in total. The van der Waals surface area contributed by atoms with Crippen molar-refractivity contribution in [3.63, 3.8) is 0 Å². The molecule has 1 aliphatic heterocycles. The maximum absolute atomic E-state index is 5.94. The first kappa shape index (κ1) is 21.4. The van der Waals surface area contributed by atoms with E-state index < -0.39 is 0 Å². The van der Waals surface area contributed by atoms with Crippen molar-refractivity contribution >= 4 is 22.4 Å². The zero-order chi connectivity index (χ0) is 23.5. The average molecular weight is 467 g/mol. The molecule has 1 N–H and O–H groups in total. The third-order valence-electron chi connectivity index (χ3n) is 6.26. The topological polar surface area (TPSA) is 93.4 Å². The van der Waals surface area contributed by atoms with Crippen molar-refractivity contribution in [1.82, 2.24) is 34.7 Å². The second-order valence-corrected chi connectivity index (χ2v) is 8.62. The highest BCUT2D eigenvalue weighted by Crippen LogP contribution is 2.24. The summed E-state index contributed by atoms with van der Waals surface area (Å²) in [7, 11) is 0. The SMILES string of the molecule is c1ccc(-c2ccc3nnc(CNc4ccnc5cc(OCCN6CCCC6)cnc45)n3n2)cc1. The number of rotatable bonds is 8. The van der Waals surface area contributed by atoms with E-state index in [4.69, 9.17) is 9.84 Å². The van der Waals surface area contributed by atoms with Crippen molar-refractivity contribution in [2.45, 2.75) is 19.4 Å². The van der Waals surface area contributed by atoms with Crippen molar-refractivity contribution in [3.05, 3.63) is 72.8 Å². The smallest absolute Gasteiger partial charge is 0.178 e. The highest BCUT2D eigenvalue weighted by molar-refractivity contribution is 5.87. The summed E-state index contributed by atoms with van der Waals surface area (Å²) >= 11 is 0. The van der Waals surface area contributed by atoms with E-state index in [1.807, 2.05) is 54.6 Å². The first-order chi connectivity index (χ1) is 17.3. The molecule has 35 heavy (non-hydrogen) atoms. The number of hydrogen-bond donors (Lipinski definition) is 1. The summed E-state index contributed by atoms with van der Waals surface area (Å²) in [6.45, 7) is 4.38. The molecule has 0 atom stereocenters. The van der Waals surface area contributed by atoms with Gasteiger partial charge in [0.2, 0.25) is 0 Å². The summed E-state index contributed by atoms with van der Waals surface area (Å²) in [6, 6.07) is 17.8. The molecule has 0 spiro atoms. The monoisotopic (exact) mass is 466 g/mol. The Kier molecular flexibility index (Phi) is 5.90. The average Bonchev–Trinajstić information content (AvgIpc) is 3.57. The molecule has 9 heteroatoms. The Balaban J connectivity index is 1.17. The predicted octanol–water partition coefficient (Wildman–Crippen LogP) is 3.82. The molecule has 0 unspecified atom stereocenters. The summed E-state index contributed by atoms with van der Waals surface area (Å²) in [6.07, 6.45) is 6.10. The maximum atomic E-state index is 5.94. The van der Waals surface area contributed by atoms with E-state index in [2.05, 4.69) is 30.4 Å². The quantitative estimate of drug-likeness (QED) is 0.369. The van der Waals surface area contributed by atoms with Gasteiger partial charge in [0.25, 0.3) is 0 Å². The van der Waals surface area contributed by atoms with Crippen LogP contribution in [0.4, 0.5) is 5.69 Å². The third-order valence-corrected chi connectivity index (χ3v) is 6.26. The van der Waals surface area contributed by atoms with Crippen LogP contribution in [0.1, 0.15) is 18.7 Å². The number of ether oxygens (including phenoxy) is 1. The Morgan fingerprint density at radius 2 is 1.83 bits per heavy atom. The largest absolute Gasteiger partial charge is 0.491 e. The van der Waals surface area contributed by atoms with Gasteiger partial charge in [-0.3, -0.25) is 9.88 Å². The number of hydrogen-bond acceptors (Lipinski definition) is 8. The molecule has 4 aromatic heterocycles. The normalized spacial score (nSPS) is 14.1. The molecule has 5 aromatic rings. The van der Waals surface area contributed by atoms with E-state index in [-0.39, 0.29) is 0 Å². The van der Waals surface area contributed by atoms with Crippen LogP contribution >= 0.6 is 0 Å². The van der Waals surface area contributed by atoms with Crippen LogP contribution in [0.2, 0.25) is 0 Å². The summed E-state index contributed by atoms with van der Waals surface area (Å²) < 4.78 is 7.71. The van der Waals surface area contributed by atoms with Gasteiger partial charge in [-0.2, -0.15) is 9.61 Å². The van der Waals surface area contributed by atoms with Crippen LogP contribution in [0.15, 0.2) is 67.0 Å². The van der Waals surface area contributed by atoms with Gasteiger partial charge >= 0.3 is 0 Å². The van der Waals surface area contributed by atoms with Gasteiger partial charge in [-0.25, -0.2) is 4.98 Å². The molecule has 0 aliphatic carbocycles. The fraction of sp³-hybridized carbons (Fsp3) is 0.269. The first-order valence-corrected chi connectivity index (χ1v) is 11.9. The Hall–Kier alpha value is -4.11. The van der Waals surface area contributed by atoms with Crippen LogP contribution in [0.5, 0.6) is 5.75 Å². The Labute approximate surface area is 202 Å². The number of anilines is 1. The minimum atomic E-state index is 0.446. The van der Waals surface area contributed by atoms with E-state index in [1.54, 1.807) is 16.9 Å². The number of likely N-dealkylation sites (tertiary alicyclic amines) is 1. The molecule has 1 saturated heterocycles. The lowest BCUT2D eigenvalue weighted by molar-refractivity contribution is 0.237. The van der Waals surface area contributed by atoms with Crippen molar-refractivity contribution in [1.29, 1.82) is 0 Å². The Morgan fingerprint density at radius 1 is 0.943 bits per heavy atom. The lowest BCUT2D eigenvalue weighted by atomic mass is 10.1. The van der Waals surface area contributed by atoms with Crippen LogP contribution in [-0.4, -0.2) is 60.9 Å². The van der Waals surface area contributed by atoms with Crippen LogP contribution < -0.4 is 10.1 Å². The molecule has 176 valence electrons. The van der Waals surface area contributed by atoms with Gasteiger partial charge in [0, 0.05) is 24.4 Å². The number of nitrogens with one attached hydrogen (secondary N) is 1. The molecule has 5 heterocycles. The summed E-state index contributed by atoms with van der Waals surface area (Å²) in [5.74, 6) is 1.45. The zero-order valence-electron chi connectivity index (χ0n) is 19.3. The summed E-state index contributed by atoms with van der Waals surface area (Å²) in [5.41, 5.74) is 5.05. The van der Waals surface area contributed by atoms with Crippen molar-refractivity contribution in [2.24, 2.45) is 0 Å². The summed E-state index contributed by atoms with van der Waals surface area (Å²) in [5, 5.41) is 16.8. The minimum absolute atomic E-state index is 0.446. The van der Waals surface area contributed by atoms with Gasteiger partial charge in [0.1, 0.15) is 17.9 Å². The van der Waals surface area contributed by atoms with Crippen molar-refractivity contribution < 1.29 is 4.74 Å². The van der Waals surface area contributed by atoms with Gasteiger partial charge in [0.05, 0.1) is 29.6 Å². The second-order valence-electron chi connectivity index (χ2n) is 8.62. The number of fused-ring (bicyclic) bond motifs is 2. The van der Waals surface area contributed by atoms with Gasteiger partial charge in [-0.05, 0) is 44.1 Å². The van der Waals surface area contributed by atoms with Gasteiger partial charge in [-0.15, -0.1) is 10.2 Å². The van der Waals surface area contributed by atoms with Crippen LogP contribution in [0.25, 0.3) is 27.9 Å². The molecule has 0 saturated carbocycles. The van der Waals surface area contributed by atoms with Crippen LogP contribution in [-0.2, 0) is 6.54 Å². The molecular formula is C26H26N8O. The Bertz CT molecular complexity index is 1450. The van der Waals surface area contributed by atoms with Crippen molar-refractivity contribution in [3.8, 4) is 17.0 Å². The molecule has 0 amide bonds. The highest BCUT2D eigenvalue weighted by atomic mass is 16.5.